The van der Waals surface area contributed by atoms with Crippen molar-refractivity contribution in [1.82, 2.24) is 4.98 Å². The van der Waals surface area contributed by atoms with Gasteiger partial charge in [-0.15, -0.1) is 0 Å². The quantitative estimate of drug-likeness (QED) is 0.326. The molecule has 0 aliphatic heterocycles. The molecule has 0 unspecified atom stereocenters. The molecule has 3 aromatic rings. The van der Waals surface area contributed by atoms with Crippen LogP contribution in [-0.2, 0) is 6.54 Å². The molecule has 1 aromatic heterocycles. The lowest BCUT2D eigenvalue weighted by Gasteiger charge is -2.21. The first-order valence-electron chi connectivity index (χ1n) is 8.22. The minimum atomic E-state index is 0.0183. The van der Waals surface area contributed by atoms with Gasteiger partial charge < -0.3 is 16.8 Å². The van der Waals surface area contributed by atoms with Crippen LogP contribution in [0.1, 0.15) is 16.7 Å². The normalized spacial score (nSPS) is 10.3. The maximum absolute atomic E-state index is 9.91. The molecule has 1 heterocycles. The summed E-state index contributed by atoms with van der Waals surface area (Å²) in [5, 5.41) is 21.6. The first kappa shape index (κ1) is 19.7. The van der Waals surface area contributed by atoms with Gasteiger partial charge in [-0.1, -0.05) is 35.9 Å². The lowest BCUT2D eigenvalue weighted by molar-refractivity contribution is 1.11. The highest BCUT2D eigenvalue weighted by molar-refractivity contribution is 9.18. The SMILES string of the molecule is N#Cc1c(NCc2cccnc2)c(N)c(C(=N)Br)c(N)c1-c1ccccc1Cl. The topological polar surface area (TPSA) is 125 Å². The van der Waals surface area contributed by atoms with E-state index in [0.29, 0.717) is 33.9 Å². The Morgan fingerprint density at radius 1 is 1.21 bits per heavy atom. The predicted molar refractivity (Wildman–Crippen MR) is 118 cm³/mol. The molecule has 0 radical (unpaired) electrons. The molecule has 2 aromatic carbocycles. The van der Waals surface area contributed by atoms with Gasteiger partial charge in [0.15, 0.2) is 0 Å². The molecule has 0 saturated heterocycles. The van der Waals surface area contributed by atoms with E-state index in [-0.39, 0.29) is 21.6 Å². The molecule has 0 spiro atoms. The van der Waals surface area contributed by atoms with E-state index in [2.05, 4.69) is 32.3 Å². The molecule has 0 saturated carbocycles. The Hall–Kier alpha value is -3.08. The zero-order valence-corrected chi connectivity index (χ0v) is 17.0. The van der Waals surface area contributed by atoms with Crippen molar-refractivity contribution in [2.45, 2.75) is 6.54 Å². The Morgan fingerprint density at radius 2 is 1.96 bits per heavy atom. The van der Waals surface area contributed by atoms with Crippen LogP contribution in [0, 0.1) is 16.7 Å². The molecule has 6 nitrogen and oxygen atoms in total. The third kappa shape index (κ3) is 3.65. The van der Waals surface area contributed by atoms with Crippen LogP contribution in [0.4, 0.5) is 17.1 Å². The molecule has 8 heteroatoms. The van der Waals surface area contributed by atoms with Crippen molar-refractivity contribution < 1.29 is 0 Å². The highest BCUT2D eigenvalue weighted by Gasteiger charge is 2.24. The van der Waals surface area contributed by atoms with Crippen LogP contribution in [0.25, 0.3) is 11.1 Å². The summed E-state index contributed by atoms with van der Waals surface area (Å²) in [5.74, 6) is 0. The smallest absolute Gasteiger partial charge is 0.108 e. The summed E-state index contributed by atoms with van der Waals surface area (Å²) in [7, 11) is 0. The van der Waals surface area contributed by atoms with E-state index in [4.69, 9.17) is 28.5 Å². The second kappa shape index (κ2) is 8.30. The van der Waals surface area contributed by atoms with Crippen LogP contribution in [0.5, 0.6) is 0 Å². The molecule has 3 rings (SSSR count). The van der Waals surface area contributed by atoms with Crippen molar-refractivity contribution in [3.8, 4) is 17.2 Å². The summed E-state index contributed by atoms with van der Waals surface area (Å²) in [5.41, 5.74) is 16.0. The van der Waals surface area contributed by atoms with E-state index in [1.54, 1.807) is 36.7 Å². The summed E-state index contributed by atoms with van der Waals surface area (Å²) in [6.07, 6.45) is 3.40. The number of hydrogen-bond donors (Lipinski definition) is 4. The molecule has 0 aliphatic carbocycles. The summed E-state index contributed by atoms with van der Waals surface area (Å²) >= 11 is 9.52. The van der Waals surface area contributed by atoms with E-state index in [1.807, 2.05) is 12.1 Å². The molecule has 0 aliphatic rings. The minimum Gasteiger partial charge on any atom is -0.398 e. The van der Waals surface area contributed by atoms with Gasteiger partial charge in [-0.05, 0) is 33.6 Å². The summed E-state index contributed by atoms with van der Waals surface area (Å²) in [4.78, 5) is 4.08. The number of pyridine rings is 1. The first-order chi connectivity index (χ1) is 13.5. The zero-order chi connectivity index (χ0) is 20.3. The third-order valence-electron chi connectivity index (χ3n) is 4.24. The Kier molecular flexibility index (Phi) is 5.83. The summed E-state index contributed by atoms with van der Waals surface area (Å²) in [6, 6.07) is 13.0. The third-order valence-corrected chi connectivity index (χ3v) is 4.97. The maximum Gasteiger partial charge on any atom is 0.108 e. The molecular weight excluding hydrogens is 440 g/mol. The van der Waals surface area contributed by atoms with Gasteiger partial charge in [0, 0.05) is 35.1 Å². The summed E-state index contributed by atoms with van der Waals surface area (Å²) < 4.78 is 0.0183. The van der Waals surface area contributed by atoms with Gasteiger partial charge in [-0.25, -0.2) is 0 Å². The Labute approximate surface area is 175 Å². The number of nitrogens with one attached hydrogen (secondary N) is 2. The van der Waals surface area contributed by atoms with Gasteiger partial charge in [0.1, 0.15) is 10.7 Å². The van der Waals surface area contributed by atoms with Gasteiger partial charge >= 0.3 is 0 Å². The lowest BCUT2D eigenvalue weighted by Crippen LogP contribution is -2.12. The van der Waals surface area contributed by atoms with Crippen molar-refractivity contribution in [1.29, 1.82) is 10.7 Å². The van der Waals surface area contributed by atoms with Crippen LogP contribution in [0.15, 0.2) is 48.8 Å². The number of aromatic nitrogens is 1. The molecule has 140 valence electrons. The number of rotatable bonds is 5. The number of nitrogen functional groups attached to an aromatic ring is 2. The Morgan fingerprint density at radius 3 is 2.57 bits per heavy atom. The highest BCUT2D eigenvalue weighted by atomic mass is 79.9. The van der Waals surface area contributed by atoms with E-state index in [1.165, 1.54) is 0 Å². The molecule has 0 bridgehead atoms. The first-order valence-corrected chi connectivity index (χ1v) is 9.39. The molecule has 6 N–H and O–H groups in total. The van der Waals surface area contributed by atoms with Crippen LogP contribution in [-0.4, -0.2) is 9.60 Å². The number of benzene rings is 2. The van der Waals surface area contributed by atoms with Gasteiger partial charge in [0.2, 0.25) is 0 Å². The number of anilines is 3. The zero-order valence-electron chi connectivity index (χ0n) is 14.6. The molecule has 28 heavy (non-hydrogen) atoms. The minimum absolute atomic E-state index is 0.0183. The van der Waals surface area contributed by atoms with Gasteiger partial charge in [-0.3, -0.25) is 10.4 Å². The van der Waals surface area contributed by atoms with Crippen molar-refractivity contribution >= 4 is 49.2 Å². The maximum atomic E-state index is 9.91. The Bertz CT molecular complexity index is 1090. The second-order valence-corrected chi connectivity index (χ2v) is 7.15. The van der Waals surface area contributed by atoms with Gasteiger partial charge in [0.05, 0.1) is 28.2 Å². The average molecular weight is 456 g/mol. The number of nitrogens with zero attached hydrogens (tertiary/aromatic N) is 2. The van der Waals surface area contributed by atoms with Crippen LogP contribution >= 0.6 is 27.5 Å². The van der Waals surface area contributed by atoms with Crippen molar-refractivity contribution in [3.05, 3.63) is 70.5 Å². The fourth-order valence-corrected chi connectivity index (χ4v) is 3.62. The largest absolute Gasteiger partial charge is 0.398 e. The number of hydrogen-bond acceptors (Lipinski definition) is 6. The van der Waals surface area contributed by atoms with E-state index >= 15 is 0 Å². The van der Waals surface area contributed by atoms with Crippen molar-refractivity contribution in [2.75, 3.05) is 16.8 Å². The lowest BCUT2D eigenvalue weighted by atomic mass is 9.92. The van der Waals surface area contributed by atoms with Gasteiger partial charge in [0.25, 0.3) is 0 Å². The van der Waals surface area contributed by atoms with Crippen molar-refractivity contribution in [2.24, 2.45) is 0 Å². The predicted octanol–water partition coefficient (Wildman–Crippen LogP) is 4.77. The second-order valence-electron chi connectivity index (χ2n) is 5.95. The average Bonchev–Trinajstić information content (AvgIpc) is 2.68. The molecular formula is C20H16BrClN6. The van der Waals surface area contributed by atoms with Crippen molar-refractivity contribution in [3.63, 3.8) is 0 Å². The number of nitriles is 1. The van der Waals surface area contributed by atoms with E-state index in [0.717, 1.165) is 5.56 Å². The van der Waals surface area contributed by atoms with Crippen LogP contribution in [0.2, 0.25) is 5.02 Å². The number of nitrogens with two attached hydrogens (primary N) is 2. The van der Waals surface area contributed by atoms with Crippen LogP contribution in [0.3, 0.4) is 0 Å². The molecule has 0 fully saturated rings. The molecule has 0 amide bonds. The van der Waals surface area contributed by atoms with E-state index in [9.17, 15) is 5.26 Å². The van der Waals surface area contributed by atoms with E-state index < -0.39 is 0 Å². The monoisotopic (exact) mass is 454 g/mol. The fourth-order valence-electron chi connectivity index (χ4n) is 2.96. The fraction of sp³-hybridized carbons (Fsp3) is 0.0500. The number of halogens is 2. The van der Waals surface area contributed by atoms with Gasteiger partial charge in [-0.2, -0.15) is 5.26 Å². The highest BCUT2D eigenvalue weighted by Crippen LogP contribution is 2.44. The molecule has 0 atom stereocenters. The van der Waals surface area contributed by atoms with Crippen LogP contribution < -0.4 is 16.8 Å². The Balaban J connectivity index is 2.25. The standard InChI is InChI=1S/C20H16BrClN6/c21-20(26)16-17(24)15(12-5-1-2-6-14(12)22)13(8-23)19(18(16)25)28-10-11-4-3-7-27-9-11/h1-7,9,26,28H,10,24-25H2. The summed E-state index contributed by atoms with van der Waals surface area (Å²) in [6.45, 7) is 0.396.